The van der Waals surface area contributed by atoms with Gasteiger partial charge in [-0.1, -0.05) is 0 Å². The quantitative estimate of drug-likeness (QED) is 0.389. The molecule has 0 saturated heterocycles. The van der Waals surface area contributed by atoms with Gasteiger partial charge in [-0.2, -0.15) is 0 Å². The molecular formula is C7H7BFNO4. The van der Waals surface area contributed by atoms with Crippen LogP contribution in [-0.2, 0) is 0 Å². The molecule has 14 heavy (non-hydrogen) atoms. The molecule has 0 fully saturated rings. The Hall–Kier alpha value is -1.47. The summed E-state index contributed by atoms with van der Waals surface area (Å²) < 4.78 is 13.1. The number of nitrogens with zero attached hydrogens (tertiary/aromatic N) is 1. The van der Waals surface area contributed by atoms with Gasteiger partial charge in [0.25, 0.3) is 5.69 Å². The molecule has 2 N–H and O–H groups in total. The molecule has 0 aromatic heterocycles. The molecule has 0 bridgehead atoms. The fraction of sp³-hybridized carbons (Fsp3) is 0.143. The van der Waals surface area contributed by atoms with Crippen molar-refractivity contribution in [3.63, 3.8) is 0 Å². The minimum absolute atomic E-state index is 0.131. The van der Waals surface area contributed by atoms with Crippen LogP contribution in [0.3, 0.4) is 0 Å². The Morgan fingerprint density at radius 1 is 1.50 bits per heavy atom. The van der Waals surface area contributed by atoms with E-state index in [0.29, 0.717) is 6.07 Å². The molecule has 0 amide bonds. The van der Waals surface area contributed by atoms with E-state index >= 15 is 0 Å². The monoisotopic (exact) mass is 199 g/mol. The Balaban J connectivity index is 3.32. The van der Waals surface area contributed by atoms with E-state index < -0.39 is 23.5 Å². The van der Waals surface area contributed by atoms with Gasteiger partial charge < -0.3 is 10.0 Å². The van der Waals surface area contributed by atoms with Crippen molar-refractivity contribution in [1.29, 1.82) is 0 Å². The molecule has 0 saturated carbocycles. The summed E-state index contributed by atoms with van der Waals surface area (Å²) in [5, 5.41) is 27.8. The van der Waals surface area contributed by atoms with E-state index in [1.165, 1.54) is 6.92 Å². The summed E-state index contributed by atoms with van der Waals surface area (Å²) in [4.78, 5) is 9.55. The molecule has 0 atom stereocenters. The van der Waals surface area contributed by atoms with Crippen molar-refractivity contribution in [3.8, 4) is 0 Å². The van der Waals surface area contributed by atoms with E-state index in [1.54, 1.807) is 0 Å². The zero-order valence-corrected chi connectivity index (χ0v) is 7.27. The average molecular weight is 199 g/mol. The molecule has 5 nitrogen and oxygen atoms in total. The highest BCUT2D eigenvalue weighted by Crippen LogP contribution is 2.14. The predicted octanol–water partition coefficient (Wildman–Crippen LogP) is -0.278. The van der Waals surface area contributed by atoms with E-state index in [-0.39, 0.29) is 11.0 Å². The number of halogens is 1. The topological polar surface area (TPSA) is 83.6 Å². The molecule has 1 aromatic carbocycles. The lowest BCUT2D eigenvalue weighted by molar-refractivity contribution is -0.385. The second-order valence-electron chi connectivity index (χ2n) is 2.79. The third kappa shape index (κ3) is 1.89. The van der Waals surface area contributed by atoms with Crippen LogP contribution >= 0.6 is 0 Å². The highest BCUT2D eigenvalue weighted by Gasteiger charge is 2.22. The lowest BCUT2D eigenvalue weighted by Crippen LogP contribution is -2.35. The minimum Gasteiger partial charge on any atom is -0.423 e. The fourth-order valence-electron chi connectivity index (χ4n) is 1.17. The molecule has 0 aliphatic carbocycles. The number of aryl methyl sites for hydroxylation is 1. The Morgan fingerprint density at radius 3 is 2.43 bits per heavy atom. The summed E-state index contributed by atoms with van der Waals surface area (Å²) in [5.41, 5.74) is -0.619. The van der Waals surface area contributed by atoms with Crippen LogP contribution in [0.25, 0.3) is 0 Å². The van der Waals surface area contributed by atoms with Gasteiger partial charge in [-0.25, -0.2) is 4.39 Å². The number of hydrogen-bond donors (Lipinski definition) is 2. The number of hydrogen-bond acceptors (Lipinski definition) is 4. The van der Waals surface area contributed by atoms with Crippen molar-refractivity contribution in [2.75, 3.05) is 0 Å². The van der Waals surface area contributed by atoms with Gasteiger partial charge in [0.15, 0.2) is 0 Å². The van der Waals surface area contributed by atoms with Crippen LogP contribution in [0.1, 0.15) is 5.56 Å². The van der Waals surface area contributed by atoms with E-state index in [9.17, 15) is 14.5 Å². The van der Waals surface area contributed by atoms with E-state index in [0.717, 1.165) is 6.07 Å². The summed E-state index contributed by atoms with van der Waals surface area (Å²) in [6, 6.07) is 1.74. The maximum absolute atomic E-state index is 13.1. The van der Waals surface area contributed by atoms with Crippen LogP contribution < -0.4 is 5.46 Å². The van der Waals surface area contributed by atoms with Crippen LogP contribution in [0.4, 0.5) is 10.1 Å². The van der Waals surface area contributed by atoms with E-state index in [2.05, 4.69) is 0 Å². The second kappa shape index (κ2) is 3.73. The van der Waals surface area contributed by atoms with Crippen LogP contribution in [-0.4, -0.2) is 22.1 Å². The van der Waals surface area contributed by atoms with Gasteiger partial charge in [0.05, 0.1) is 11.0 Å². The number of benzene rings is 1. The van der Waals surface area contributed by atoms with Gasteiger partial charge in [-0.15, -0.1) is 0 Å². The lowest BCUT2D eigenvalue weighted by atomic mass is 9.77. The normalized spacial score (nSPS) is 10.0. The largest absolute Gasteiger partial charge is 0.491 e. The van der Waals surface area contributed by atoms with Crippen LogP contribution in [0, 0.1) is 22.9 Å². The van der Waals surface area contributed by atoms with Crippen LogP contribution in [0.15, 0.2) is 12.1 Å². The molecule has 7 heteroatoms. The van der Waals surface area contributed by atoms with E-state index in [4.69, 9.17) is 10.0 Å². The van der Waals surface area contributed by atoms with Crippen molar-refractivity contribution in [2.45, 2.75) is 6.92 Å². The standard InChI is InChI=1S/C7H7BFNO4/c1-4-2-5(10(13)14)3-6(9)7(4)8(11)12/h2-3,11-12H,1H3. The molecule has 0 spiro atoms. The average Bonchev–Trinajstić information content (AvgIpc) is 2.01. The van der Waals surface area contributed by atoms with Crippen molar-refractivity contribution < 1.29 is 19.4 Å². The van der Waals surface area contributed by atoms with Crippen LogP contribution in [0.2, 0.25) is 0 Å². The Bertz CT molecular complexity index is 359. The van der Waals surface area contributed by atoms with Crippen molar-refractivity contribution in [1.82, 2.24) is 0 Å². The molecule has 0 heterocycles. The first-order valence-corrected chi connectivity index (χ1v) is 3.74. The Kier molecular flexibility index (Phi) is 2.83. The first-order chi connectivity index (χ1) is 6.43. The Morgan fingerprint density at radius 2 is 2.07 bits per heavy atom. The predicted molar refractivity (Wildman–Crippen MR) is 47.6 cm³/mol. The molecule has 0 radical (unpaired) electrons. The number of nitro benzene ring substituents is 1. The van der Waals surface area contributed by atoms with Gasteiger partial charge in [-0.3, -0.25) is 10.1 Å². The van der Waals surface area contributed by atoms with Gasteiger partial charge in [0.1, 0.15) is 5.82 Å². The molecule has 0 aliphatic heterocycles. The van der Waals surface area contributed by atoms with Gasteiger partial charge >= 0.3 is 7.12 Å². The zero-order valence-electron chi connectivity index (χ0n) is 7.27. The highest BCUT2D eigenvalue weighted by molar-refractivity contribution is 6.59. The smallest absolute Gasteiger partial charge is 0.423 e. The van der Waals surface area contributed by atoms with Crippen molar-refractivity contribution in [2.24, 2.45) is 0 Å². The first kappa shape index (κ1) is 10.6. The summed E-state index contributed by atoms with van der Waals surface area (Å²) in [6.07, 6.45) is 0. The summed E-state index contributed by atoms with van der Waals surface area (Å²) >= 11 is 0. The first-order valence-electron chi connectivity index (χ1n) is 3.74. The third-order valence-corrected chi connectivity index (χ3v) is 1.79. The Labute approximate surface area is 79.1 Å². The summed E-state index contributed by atoms with van der Waals surface area (Å²) in [5.74, 6) is -0.994. The third-order valence-electron chi connectivity index (χ3n) is 1.79. The van der Waals surface area contributed by atoms with Gasteiger partial charge in [0.2, 0.25) is 0 Å². The van der Waals surface area contributed by atoms with Crippen molar-refractivity contribution in [3.05, 3.63) is 33.6 Å². The molecule has 1 rings (SSSR count). The number of non-ortho nitro benzene ring substituents is 1. The molecular weight excluding hydrogens is 192 g/mol. The molecule has 74 valence electrons. The molecule has 0 unspecified atom stereocenters. The highest BCUT2D eigenvalue weighted by atomic mass is 19.1. The fourth-order valence-corrected chi connectivity index (χ4v) is 1.17. The SMILES string of the molecule is Cc1cc([N+](=O)[O-])cc(F)c1B(O)O. The summed E-state index contributed by atoms with van der Waals surface area (Å²) in [6.45, 7) is 1.37. The minimum atomic E-state index is -1.96. The molecule has 1 aromatic rings. The maximum Gasteiger partial charge on any atom is 0.491 e. The second-order valence-corrected chi connectivity index (χ2v) is 2.79. The van der Waals surface area contributed by atoms with Crippen LogP contribution in [0.5, 0.6) is 0 Å². The number of rotatable bonds is 2. The maximum atomic E-state index is 13.1. The zero-order chi connectivity index (χ0) is 10.9. The molecule has 0 aliphatic rings. The number of nitro groups is 1. The van der Waals surface area contributed by atoms with E-state index in [1.807, 2.05) is 0 Å². The van der Waals surface area contributed by atoms with Gasteiger partial charge in [0, 0.05) is 11.5 Å². The van der Waals surface area contributed by atoms with Gasteiger partial charge in [-0.05, 0) is 12.5 Å². The summed E-state index contributed by atoms with van der Waals surface area (Å²) in [7, 11) is -1.96. The lowest BCUT2D eigenvalue weighted by Gasteiger charge is -2.05. The van der Waals surface area contributed by atoms with Crippen molar-refractivity contribution >= 4 is 18.3 Å².